The van der Waals surface area contributed by atoms with Crippen molar-refractivity contribution < 1.29 is 25.2 Å². The van der Waals surface area contributed by atoms with Crippen LogP contribution in [0.2, 0.25) is 0 Å². The van der Waals surface area contributed by atoms with Crippen LogP contribution in [0.1, 0.15) is 43.2 Å². The molecule has 0 radical (unpaired) electrons. The van der Waals surface area contributed by atoms with Crippen LogP contribution in [0.15, 0.2) is 58.3 Å². The number of hydrogen-bond donors (Lipinski definition) is 0. The Morgan fingerprint density at radius 3 is 1.29 bits per heavy atom. The standard InChI is InChI=1S/C23H26O6S2/c1-16-3-7-20(8-4-16)30(24,25)28-22-12-18-11-19(13-22)15-23(22,14-18)29-31(26,27)21-9-5-17(2)6-10-21/h3-10,18-19H,11-15H2,1-2H3. The highest BCUT2D eigenvalue weighted by Gasteiger charge is 2.72. The van der Waals surface area contributed by atoms with Crippen molar-refractivity contribution in [1.29, 1.82) is 0 Å². The van der Waals surface area contributed by atoms with Crippen molar-refractivity contribution in [3.63, 3.8) is 0 Å². The van der Waals surface area contributed by atoms with Gasteiger partial charge in [0, 0.05) is 0 Å². The first-order valence-electron chi connectivity index (χ1n) is 10.6. The molecule has 0 aliphatic heterocycles. The summed E-state index contributed by atoms with van der Waals surface area (Å²) in [5.41, 5.74) is -0.409. The van der Waals surface area contributed by atoms with E-state index in [9.17, 15) is 16.8 Å². The van der Waals surface area contributed by atoms with Crippen LogP contribution in [-0.4, -0.2) is 28.0 Å². The van der Waals surface area contributed by atoms with Crippen molar-refractivity contribution in [2.45, 2.75) is 66.9 Å². The Hall–Kier alpha value is -1.74. The van der Waals surface area contributed by atoms with Gasteiger partial charge in [0.2, 0.25) is 0 Å². The monoisotopic (exact) mass is 462 g/mol. The highest BCUT2D eigenvalue weighted by Crippen LogP contribution is 2.66. The van der Waals surface area contributed by atoms with Crippen LogP contribution in [0.3, 0.4) is 0 Å². The predicted octanol–water partition coefficient (Wildman–Crippen LogP) is 4.12. The average molecular weight is 463 g/mol. The Bertz CT molecular complexity index is 1100. The third-order valence-electron chi connectivity index (χ3n) is 7.13. The van der Waals surface area contributed by atoms with E-state index in [1.54, 1.807) is 24.3 Å². The molecule has 0 amide bonds. The van der Waals surface area contributed by atoms with E-state index in [-0.39, 0.29) is 21.6 Å². The molecule has 166 valence electrons. The van der Waals surface area contributed by atoms with E-state index in [1.807, 2.05) is 13.8 Å². The zero-order valence-electron chi connectivity index (χ0n) is 17.6. The van der Waals surface area contributed by atoms with Crippen LogP contribution in [0.4, 0.5) is 0 Å². The van der Waals surface area contributed by atoms with Gasteiger partial charge in [0.1, 0.15) is 11.2 Å². The fourth-order valence-electron chi connectivity index (χ4n) is 5.94. The second-order valence-electron chi connectivity index (χ2n) is 9.47. The normalized spacial score (nSPS) is 31.9. The molecule has 4 aliphatic rings. The average Bonchev–Trinajstić information content (AvgIpc) is 2.98. The lowest BCUT2D eigenvalue weighted by Gasteiger charge is -2.38. The lowest BCUT2D eigenvalue weighted by atomic mass is 9.81. The molecule has 0 aromatic heterocycles. The summed E-state index contributed by atoms with van der Waals surface area (Å²) in [4.78, 5) is 0.158. The third-order valence-corrected chi connectivity index (χ3v) is 9.90. The SMILES string of the molecule is Cc1ccc(S(=O)(=O)OC23CC4CC(C2)CC3(OS(=O)(=O)c2ccc(C)cc2)C4)cc1. The molecule has 2 aromatic carbocycles. The molecule has 0 N–H and O–H groups in total. The largest absolute Gasteiger partial charge is 0.297 e. The number of benzene rings is 2. The minimum Gasteiger partial charge on any atom is -0.257 e. The van der Waals surface area contributed by atoms with Gasteiger partial charge in [0.15, 0.2) is 0 Å². The molecule has 4 bridgehead atoms. The van der Waals surface area contributed by atoms with Gasteiger partial charge < -0.3 is 0 Å². The second kappa shape index (κ2) is 6.88. The van der Waals surface area contributed by atoms with Gasteiger partial charge in [0.25, 0.3) is 20.2 Å². The molecule has 31 heavy (non-hydrogen) atoms. The van der Waals surface area contributed by atoms with Gasteiger partial charge in [-0.3, -0.25) is 8.37 Å². The fourth-order valence-corrected chi connectivity index (χ4v) is 8.49. The highest BCUT2D eigenvalue weighted by atomic mass is 32.2. The van der Waals surface area contributed by atoms with Crippen molar-refractivity contribution in [3.05, 3.63) is 59.7 Å². The molecule has 0 heterocycles. The minimum atomic E-state index is -4.07. The molecule has 0 saturated heterocycles. The van der Waals surface area contributed by atoms with Gasteiger partial charge in [-0.1, -0.05) is 35.4 Å². The third kappa shape index (κ3) is 3.44. The first-order chi connectivity index (χ1) is 14.5. The second-order valence-corrected chi connectivity index (χ2v) is 12.6. The molecule has 2 aromatic rings. The molecule has 4 fully saturated rings. The Balaban J connectivity index is 1.51. The molecular formula is C23H26O6S2. The van der Waals surface area contributed by atoms with Crippen LogP contribution in [0, 0.1) is 25.7 Å². The summed E-state index contributed by atoms with van der Waals surface area (Å²) in [7, 11) is -8.13. The summed E-state index contributed by atoms with van der Waals surface area (Å²) in [5.74, 6) is 0.405. The molecule has 0 unspecified atom stereocenters. The number of hydrogen-bond acceptors (Lipinski definition) is 6. The van der Waals surface area contributed by atoms with Gasteiger partial charge in [-0.15, -0.1) is 0 Å². The van der Waals surface area contributed by atoms with E-state index in [0.29, 0.717) is 25.7 Å². The molecule has 6 rings (SSSR count). The summed E-state index contributed by atoms with van der Waals surface area (Å²) in [6.45, 7) is 3.76. The molecule has 6 nitrogen and oxygen atoms in total. The van der Waals surface area contributed by atoms with Gasteiger partial charge in [-0.05, 0) is 82.1 Å². The van der Waals surface area contributed by atoms with E-state index in [2.05, 4.69) is 0 Å². The Morgan fingerprint density at radius 2 is 0.968 bits per heavy atom. The topological polar surface area (TPSA) is 86.7 Å². The molecule has 4 saturated carbocycles. The van der Waals surface area contributed by atoms with Crippen molar-refractivity contribution in [3.8, 4) is 0 Å². The van der Waals surface area contributed by atoms with Crippen LogP contribution >= 0.6 is 0 Å². The van der Waals surface area contributed by atoms with Crippen molar-refractivity contribution in [1.82, 2.24) is 0 Å². The first kappa shape index (κ1) is 21.1. The molecule has 0 atom stereocenters. The van der Waals surface area contributed by atoms with Crippen LogP contribution in [0.25, 0.3) is 0 Å². The Kier molecular flexibility index (Phi) is 4.69. The van der Waals surface area contributed by atoms with E-state index < -0.39 is 31.4 Å². The summed E-state index contributed by atoms with van der Waals surface area (Å²) >= 11 is 0. The van der Waals surface area contributed by atoms with Crippen molar-refractivity contribution >= 4 is 20.2 Å². The van der Waals surface area contributed by atoms with Gasteiger partial charge in [-0.25, -0.2) is 0 Å². The molecular weight excluding hydrogens is 436 g/mol. The highest BCUT2D eigenvalue weighted by molar-refractivity contribution is 7.87. The van der Waals surface area contributed by atoms with E-state index in [0.717, 1.165) is 17.5 Å². The lowest BCUT2D eigenvalue weighted by molar-refractivity contribution is -0.0661. The summed E-state index contributed by atoms with van der Waals surface area (Å²) < 4.78 is 64.4. The van der Waals surface area contributed by atoms with E-state index >= 15 is 0 Å². The predicted molar refractivity (Wildman–Crippen MR) is 114 cm³/mol. The number of aryl methyl sites for hydroxylation is 2. The lowest BCUT2D eigenvalue weighted by Crippen LogP contribution is -2.51. The maximum absolute atomic E-state index is 13.1. The molecule has 0 spiro atoms. The smallest absolute Gasteiger partial charge is 0.257 e. The fraction of sp³-hybridized carbons (Fsp3) is 0.478. The summed E-state index contributed by atoms with van der Waals surface area (Å²) in [6, 6.07) is 13.0. The van der Waals surface area contributed by atoms with Crippen LogP contribution in [0.5, 0.6) is 0 Å². The van der Waals surface area contributed by atoms with E-state index in [1.165, 1.54) is 24.3 Å². The van der Waals surface area contributed by atoms with Crippen molar-refractivity contribution in [2.75, 3.05) is 0 Å². The van der Waals surface area contributed by atoms with Crippen molar-refractivity contribution in [2.24, 2.45) is 11.8 Å². The molecule has 8 heteroatoms. The van der Waals surface area contributed by atoms with Crippen LogP contribution in [-0.2, 0) is 28.6 Å². The maximum Gasteiger partial charge on any atom is 0.297 e. The zero-order valence-corrected chi connectivity index (χ0v) is 19.2. The number of rotatable bonds is 6. The van der Waals surface area contributed by atoms with Crippen LogP contribution < -0.4 is 0 Å². The van der Waals surface area contributed by atoms with E-state index in [4.69, 9.17) is 8.37 Å². The Labute approximate surface area is 183 Å². The van der Waals surface area contributed by atoms with Gasteiger partial charge in [-0.2, -0.15) is 16.8 Å². The van der Waals surface area contributed by atoms with Gasteiger partial charge in [0.05, 0.1) is 9.79 Å². The zero-order chi connectivity index (χ0) is 22.1. The molecule has 4 aliphatic carbocycles. The maximum atomic E-state index is 13.1. The quantitative estimate of drug-likeness (QED) is 0.601. The summed E-state index contributed by atoms with van der Waals surface area (Å²) in [5, 5.41) is 0. The van der Waals surface area contributed by atoms with Gasteiger partial charge >= 0.3 is 0 Å². The first-order valence-corrected chi connectivity index (χ1v) is 13.4. The minimum absolute atomic E-state index is 0.0789. The Morgan fingerprint density at radius 1 is 0.645 bits per heavy atom. The summed E-state index contributed by atoms with van der Waals surface area (Å²) in [6.07, 6.45) is 2.96.